The van der Waals surface area contributed by atoms with Crippen LogP contribution >= 0.6 is 0 Å². The Morgan fingerprint density at radius 3 is 2.78 bits per heavy atom. The van der Waals surface area contributed by atoms with E-state index in [1.165, 1.54) is 37.8 Å². The molecule has 0 bridgehead atoms. The van der Waals surface area contributed by atoms with Crippen LogP contribution < -0.4 is 10.1 Å². The lowest BCUT2D eigenvalue weighted by Crippen LogP contribution is -2.17. The van der Waals surface area contributed by atoms with Gasteiger partial charge in [0.2, 0.25) is 0 Å². The highest BCUT2D eigenvalue weighted by Gasteiger charge is 2.06. The summed E-state index contributed by atoms with van der Waals surface area (Å²) in [5.41, 5.74) is 1.17. The number of ether oxygens (including phenoxy) is 1. The van der Waals surface area contributed by atoms with Crippen molar-refractivity contribution in [2.24, 2.45) is 0 Å². The molecule has 0 spiro atoms. The zero-order chi connectivity index (χ0) is 12.6. The molecule has 2 rings (SSSR count). The fourth-order valence-corrected chi connectivity index (χ4v) is 2.31. The SMILES string of the molecule is CCOc1ccc(NC2/C=C/CCCCC2)cc1. The number of hydrogen-bond acceptors (Lipinski definition) is 2. The van der Waals surface area contributed by atoms with Gasteiger partial charge in [-0.3, -0.25) is 0 Å². The summed E-state index contributed by atoms with van der Waals surface area (Å²) in [6, 6.07) is 8.72. The molecule has 98 valence electrons. The normalized spacial score (nSPS) is 21.7. The molecule has 0 aromatic heterocycles. The van der Waals surface area contributed by atoms with E-state index in [0.29, 0.717) is 6.04 Å². The van der Waals surface area contributed by atoms with E-state index in [1.54, 1.807) is 0 Å². The van der Waals surface area contributed by atoms with Crippen LogP contribution in [0.4, 0.5) is 5.69 Å². The summed E-state index contributed by atoms with van der Waals surface area (Å²) in [4.78, 5) is 0. The van der Waals surface area contributed by atoms with Gasteiger partial charge in [0, 0.05) is 11.7 Å². The van der Waals surface area contributed by atoms with Crippen LogP contribution in [-0.4, -0.2) is 12.6 Å². The number of allylic oxidation sites excluding steroid dienone is 1. The van der Waals surface area contributed by atoms with Gasteiger partial charge in [-0.2, -0.15) is 0 Å². The molecule has 1 aliphatic carbocycles. The fraction of sp³-hybridized carbons (Fsp3) is 0.500. The van der Waals surface area contributed by atoms with Gasteiger partial charge in [-0.05, 0) is 50.5 Å². The van der Waals surface area contributed by atoms with Crippen LogP contribution in [0, 0.1) is 0 Å². The minimum Gasteiger partial charge on any atom is -0.494 e. The van der Waals surface area contributed by atoms with Crippen LogP contribution in [0.5, 0.6) is 5.75 Å². The maximum atomic E-state index is 5.45. The Morgan fingerprint density at radius 1 is 1.17 bits per heavy atom. The van der Waals surface area contributed by atoms with Crippen molar-refractivity contribution in [1.29, 1.82) is 0 Å². The molecule has 0 radical (unpaired) electrons. The third kappa shape index (κ3) is 4.10. The molecular weight excluding hydrogens is 222 g/mol. The second-order valence-corrected chi connectivity index (χ2v) is 4.77. The average Bonchev–Trinajstić information content (AvgIpc) is 2.35. The first kappa shape index (κ1) is 13.0. The van der Waals surface area contributed by atoms with E-state index >= 15 is 0 Å². The Balaban J connectivity index is 1.92. The van der Waals surface area contributed by atoms with Crippen LogP contribution in [0.2, 0.25) is 0 Å². The van der Waals surface area contributed by atoms with E-state index in [1.807, 2.05) is 19.1 Å². The first-order chi connectivity index (χ1) is 8.88. The van der Waals surface area contributed by atoms with Crippen molar-refractivity contribution < 1.29 is 4.74 Å². The van der Waals surface area contributed by atoms with Gasteiger partial charge in [0.05, 0.1) is 6.61 Å². The Bertz CT molecular complexity index is 369. The van der Waals surface area contributed by atoms with Gasteiger partial charge >= 0.3 is 0 Å². The summed E-state index contributed by atoms with van der Waals surface area (Å²) in [6.45, 7) is 2.73. The van der Waals surface area contributed by atoms with Gasteiger partial charge in [0.25, 0.3) is 0 Å². The molecule has 1 atom stereocenters. The fourth-order valence-electron chi connectivity index (χ4n) is 2.31. The second-order valence-electron chi connectivity index (χ2n) is 4.77. The van der Waals surface area contributed by atoms with Crippen LogP contribution in [0.1, 0.15) is 39.0 Å². The van der Waals surface area contributed by atoms with Gasteiger partial charge in [-0.1, -0.05) is 25.0 Å². The van der Waals surface area contributed by atoms with Gasteiger partial charge in [0.1, 0.15) is 5.75 Å². The molecule has 0 saturated carbocycles. The molecule has 2 nitrogen and oxygen atoms in total. The third-order valence-electron chi connectivity index (χ3n) is 3.27. The molecule has 0 fully saturated rings. The average molecular weight is 245 g/mol. The van der Waals surface area contributed by atoms with Gasteiger partial charge in [-0.25, -0.2) is 0 Å². The van der Waals surface area contributed by atoms with E-state index < -0.39 is 0 Å². The molecule has 1 aromatic carbocycles. The van der Waals surface area contributed by atoms with Gasteiger partial charge in [-0.15, -0.1) is 0 Å². The first-order valence-electron chi connectivity index (χ1n) is 7.04. The zero-order valence-corrected chi connectivity index (χ0v) is 11.2. The number of hydrogen-bond donors (Lipinski definition) is 1. The lowest BCUT2D eigenvalue weighted by molar-refractivity contribution is 0.340. The summed E-state index contributed by atoms with van der Waals surface area (Å²) in [6.07, 6.45) is 11.1. The topological polar surface area (TPSA) is 21.3 Å². The van der Waals surface area contributed by atoms with Crippen LogP contribution in [0.15, 0.2) is 36.4 Å². The second kappa shape index (κ2) is 7.10. The molecule has 1 aliphatic rings. The van der Waals surface area contributed by atoms with E-state index in [-0.39, 0.29) is 0 Å². The minimum atomic E-state index is 0.475. The summed E-state index contributed by atoms with van der Waals surface area (Å²) < 4.78 is 5.45. The highest BCUT2D eigenvalue weighted by molar-refractivity contribution is 5.47. The van der Waals surface area contributed by atoms with Crippen molar-refractivity contribution in [2.75, 3.05) is 11.9 Å². The number of benzene rings is 1. The summed E-state index contributed by atoms with van der Waals surface area (Å²) in [7, 11) is 0. The van der Waals surface area contributed by atoms with Crippen LogP contribution in [-0.2, 0) is 0 Å². The van der Waals surface area contributed by atoms with Gasteiger partial charge < -0.3 is 10.1 Å². The maximum Gasteiger partial charge on any atom is 0.119 e. The number of anilines is 1. The van der Waals surface area contributed by atoms with Crippen molar-refractivity contribution in [1.82, 2.24) is 0 Å². The molecular formula is C16H23NO. The molecule has 0 heterocycles. The summed E-state index contributed by atoms with van der Waals surface area (Å²) >= 11 is 0. The van der Waals surface area contributed by atoms with Crippen molar-refractivity contribution >= 4 is 5.69 Å². The van der Waals surface area contributed by atoms with Crippen molar-refractivity contribution in [3.63, 3.8) is 0 Å². The Labute approximate surface area is 110 Å². The maximum absolute atomic E-state index is 5.45. The molecule has 1 unspecified atom stereocenters. The van der Waals surface area contributed by atoms with Crippen molar-refractivity contribution in [2.45, 2.75) is 45.1 Å². The zero-order valence-electron chi connectivity index (χ0n) is 11.2. The highest BCUT2D eigenvalue weighted by atomic mass is 16.5. The van der Waals surface area contributed by atoms with Crippen LogP contribution in [0.3, 0.4) is 0 Å². The van der Waals surface area contributed by atoms with E-state index in [0.717, 1.165) is 12.4 Å². The Hall–Kier alpha value is -1.44. The third-order valence-corrected chi connectivity index (χ3v) is 3.27. The first-order valence-corrected chi connectivity index (χ1v) is 7.04. The number of rotatable bonds is 4. The minimum absolute atomic E-state index is 0.475. The molecule has 1 N–H and O–H groups in total. The van der Waals surface area contributed by atoms with E-state index in [4.69, 9.17) is 4.74 Å². The molecule has 18 heavy (non-hydrogen) atoms. The Morgan fingerprint density at radius 2 is 2.00 bits per heavy atom. The largest absolute Gasteiger partial charge is 0.494 e. The Kier molecular flexibility index (Phi) is 5.13. The van der Waals surface area contributed by atoms with Gasteiger partial charge in [0.15, 0.2) is 0 Å². The van der Waals surface area contributed by atoms with E-state index in [9.17, 15) is 0 Å². The van der Waals surface area contributed by atoms with Crippen LogP contribution in [0.25, 0.3) is 0 Å². The molecule has 2 heteroatoms. The lowest BCUT2D eigenvalue weighted by Gasteiger charge is -2.18. The van der Waals surface area contributed by atoms with Crippen molar-refractivity contribution in [3.8, 4) is 5.75 Å². The van der Waals surface area contributed by atoms with E-state index in [2.05, 4.69) is 29.6 Å². The predicted octanol–water partition coefficient (Wildman–Crippen LogP) is 4.39. The summed E-state index contributed by atoms with van der Waals surface area (Å²) in [5.74, 6) is 0.941. The standard InChI is InChI=1S/C16H23NO/c1-2-18-16-12-10-15(11-13-16)17-14-8-6-4-3-5-7-9-14/h6,8,10-14,17H,2-5,7,9H2,1H3/b8-6+. The molecule has 0 aliphatic heterocycles. The molecule has 0 saturated heterocycles. The highest BCUT2D eigenvalue weighted by Crippen LogP contribution is 2.19. The lowest BCUT2D eigenvalue weighted by atomic mass is 10.0. The molecule has 0 amide bonds. The monoisotopic (exact) mass is 245 g/mol. The molecule has 1 aromatic rings. The smallest absolute Gasteiger partial charge is 0.119 e. The van der Waals surface area contributed by atoms with Crippen molar-refractivity contribution in [3.05, 3.63) is 36.4 Å². The number of nitrogens with one attached hydrogen (secondary N) is 1. The quantitative estimate of drug-likeness (QED) is 0.794. The predicted molar refractivity (Wildman–Crippen MR) is 77.2 cm³/mol. The summed E-state index contributed by atoms with van der Waals surface area (Å²) in [5, 5.41) is 3.58.